The van der Waals surface area contributed by atoms with Crippen molar-refractivity contribution >= 4 is 11.8 Å². The number of anilines is 2. The highest BCUT2D eigenvalue weighted by Gasteiger charge is 2.05. The van der Waals surface area contributed by atoms with Gasteiger partial charge in [0.25, 0.3) is 0 Å². The second-order valence-corrected chi connectivity index (χ2v) is 4.03. The van der Waals surface area contributed by atoms with Crippen LogP contribution in [-0.4, -0.2) is 17.1 Å². The molecule has 0 unspecified atom stereocenters. The van der Waals surface area contributed by atoms with Crippen molar-refractivity contribution < 1.29 is 4.74 Å². The summed E-state index contributed by atoms with van der Waals surface area (Å²) in [5, 5.41) is 3.25. The fourth-order valence-corrected chi connectivity index (χ4v) is 1.72. The van der Waals surface area contributed by atoms with Crippen LogP contribution in [0.2, 0.25) is 0 Å². The first kappa shape index (κ1) is 13.1. The fraction of sp³-hybridized carbons (Fsp3) is 0.231. The standard InChI is InChI=1S/C13H17N5O/c1-9-7-16-13(18-14)17-12(9)15-8-10-5-3-4-6-11(10)19-2/h3-7H,8,14H2,1-2H3,(H2,15,16,17,18). The van der Waals surface area contributed by atoms with Gasteiger partial charge < -0.3 is 10.1 Å². The quantitative estimate of drug-likeness (QED) is 0.559. The number of nitrogens with two attached hydrogens (primary N) is 1. The van der Waals surface area contributed by atoms with Crippen molar-refractivity contribution in [1.29, 1.82) is 0 Å². The number of para-hydroxylation sites is 1. The largest absolute Gasteiger partial charge is 0.496 e. The SMILES string of the molecule is COc1ccccc1CNc1nc(NN)ncc1C. The molecule has 0 saturated carbocycles. The third-order valence-electron chi connectivity index (χ3n) is 2.74. The van der Waals surface area contributed by atoms with Crippen LogP contribution in [0.3, 0.4) is 0 Å². The average molecular weight is 259 g/mol. The zero-order valence-electron chi connectivity index (χ0n) is 11.0. The first-order chi connectivity index (χ1) is 9.24. The predicted molar refractivity (Wildman–Crippen MR) is 74.9 cm³/mol. The zero-order valence-corrected chi connectivity index (χ0v) is 11.0. The minimum absolute atomic E-state index is 0.383. The van der Waals surface area contributed by atoms with Gasteiger partial charge in [-0.1, -0.05) is 18.2 Å². The summed E-state index contributed by atoms with van der Waals surface area (Å²) in [4.78, 5) is 8.30. The Labute approximate surface area is 112 Å². The molecule has 0 aliphatic rings. The number of benzene rings is 1. The molecule has 6 heteroatoms. The normalized spacial score (nSPS) is 10.1. The molecule has 1 aromatic carbocycles. The van der Waals surface area contributed by atoms with Gasteiger partial charge in [0.05, 0.1) is 7.11 Å². The van der Waals surface area contributed by atoms with Crippen molar-refractivity contribution in [3.63, 3.8) is 0 Å². The second-order valence-electron chi connectivity index (χ2n) is 4.03. The smallest absolute Gasteiger partial charge is 0.239 e. The van der Waals surface area contributed by atoms with Crippen molar-refractivity contribution in [3.8, 4) is 5.75 Å². The van der Waals surface area contributed by atoms with E-state index in [1.165, 1.54) is 0 Å². The highest BCUT2D eigenvalue weighted by molar-refractivity contribution is 5.47. The van der Waals surface area contributed by atoms with Crippen LogP contribution in [0.5, 0.6) is 5.75 Å². The summed E-state index contributed by atoms with van der Waals surface area (Å²) >= 11 is 0. The molecule has 2 aromatic rings. The van der Waals surface area contributed by atoms with E-state index in [9.17, 15) is 0 Å². The number of aromatic nitrogens is 2. The fourth-order valence-electron chi connectivity index (χ4n) is 1.72. The minimum atomic E-state index is 0.383. The van der Waals surface area contributed by atoms with E-state index in [4.69, 9.17) is 10.6 Å². The summed E-state index contributed by atoms with van der Waals surface area (Å²) in [6.45, 7) is 2.55. The van der Waals surface area contributed by atoms with Gasteiger partial charge in [-0.3, -0.25) is 5.43 Å². The first-order valence-corrected chi connectivity index (χ1v) is 5.90. The molecule has 0 saturated heterocycles. The molecule has 19 heavy (non-hydrogen) atoms. The van der Waals surface area contributed by atoms with E-state index in [1.54, 1.807) is 13.3 Å². The van der Waals surface area contributed by atoms with Crippen molar-refractivity contribution in [3.05, 3.63) is 41.6 Å². The van der Waals surface area contributed by atoms with E-state index >= 15 is 0 Å². The molecule has 0 aliphatic carbocycles. The summed E-state index contributed by atoms with van der Waals surface area (Å²) in [6, 6.07) is 7.84. The van der Waals surface area contributed by atoms with Crippen molar-refractivity contribution in [1.82, 2.24) is 9.97 Å². The number of hydrogen-bond donors (Lipinski definition) is 3. The number of hydrogen-bond acceptors (Lipinski definition) is 6. The van der Waals surface area contributed by atoms with Crippen molar-refractivity contribution in [2.45, 2.75) is 13.5 Å². The van der Waals surface area contributed by atoms with Crippen LogP contribution in [0.15, 0.2) is 30.5 Å². The van der Waals surface area contributed by atoms with Gasteiger partial charge >= 0.3 is 0 Å². The monoisotopic (exact) mass is 259 g/mol. The summed E-state index contributed by atoms with van der Waals surface area (Å²) in [6.07, 6.45) is 1.72. The molecular weight excluding hydrogens is 242 g/mol. The lowest BCUT2D eigenvalue weighted by molar-refractivity contribution is 0.410. The Balaban J connectivity index is 2.14. The number of nitrogens with zero attached hydrogens (tertiary/aromatic N) is 2. The molecule has 0 spiro atoms. The molecule has 0 aliphatic heterocycles. The maximum Gasteiger partial charge on any atom is 0.239 e. The Kier molecular flexibility index (Phi) is 4.15. The molecule has 0 atom stereocenters. The third-order valence-corrected chi connectivity index (χ3v) is 2.74. The molecule has 100 valence electrons. The molecule has 0 fully saturated rings. The summed E-state index contributed by atoms with van der Waals surface area (Å²) in [7, 11) is 1.66. The lowest BCUT2D eigenvalue weighted by atomic mass is 10.2. The maximum absolute atomic E-state index is 5.30. The van der Waals surface area contributed by atoms with Gasteiger partial charge in [0.1, 0.15) is 11.6 Å². The highest BCUT2D eigenvalue weighted by Crippen LogP contribution is 2.19. The Morgan fingerprint density at radius 3 is 2.84 bits per heavy atom. The van der Waals surface area contributed by atoms with Crippen LogP contribution in [0.1, 0.15) is 11.1 Å². The molecule has 1 heterocycles. The Hall–Kier alpha value is -2.34. The number of nitrogens with one attached hydrogen (secondary N) is 2. The predicted octanol–water partition coefficient (Wildman–Crippen LogP) is 1.69. The van der Waals surface area contributed by atoms with Gasteiger partial charge in [0.2, 0.25) is 5.95 Å². The molecular formula is C13H17N5O. The Morgan fingerprint density at radius 1 is 1.32 bits per heavy atom. The number of methoxy groups -OCH3 is 1. The third kappa shape index (κ3) is 3.11. The zero-order chi connectivity index (χ0) is 13.7. The number of aryl methyl sites for hydroxylation is 1. The topological polar surface area (TPSA) is 85.1 Å². The van der Waals surface area contributed by atoms with Gasteiger partial charge in [0, 0.05) is 23.9 Å². The van der Waals surface area contributed by atoms with Crippen LogP contribution >= 0.6 is 0 Å². The summed E-state index contributed by atoms with van der Waals surface area (Å²) in [5.41, 5.74) is 4.44. The van der Waals surface area contributed by atoms with E-state index in [-0.39, 0.29) is 0 Å². The maximum atomic E-state index is 5.30. The summed E-state index contributed by atoms with van der Waals surface area (Å²) < 4.78 is 5.30. The number of nitrogen functional groups attached to an aromatic ring is 1. The molecule has 2 rings (SSSR count). The highest BCUT2D eigenvalue weighted by atomic mass is 16.5. The molecule has 0 amide bonds. The van der Waals surface area contributed by atoms with Crippen LogP contribution in [0, 0.1) is 6.92 Å². The minimum Gasteiger partial charge on any atom is -0.496 e. The average Bonchev–Trinajstić information content (AvgIpc) is 2.46. The van der Waals surface area contributed by atoms with Gasteiger partial charge in [-0.25, -0.2) is 10.8 Å². The van der Waals surface area contributed by atoms with Crippen molar-refractivity contribution in [2.75, 3.05) is 17.9 Å². The van der Waals surface area contributed by atoms with E-state index in [2.05, 4.69) is 20.7 Å². The summed E-state index contributed by atoms with van der Waals surface area (Å²) in [5.74, 6) is 7.27. The molecule has 6 nitrogen and oxygen atoms in total. The molecule has 1 aromatic heterocycles. The Morgan fingerprint density at radius 2 is 2.11 bits per heavy atom. The lowest BCUT2D eigenvalue weighted by Gasteiger charge is -2.12. The van der Waals surface area contributed by atoms with Gasteiger partial charge in [-0.15, -0.1) is 0 Å². The van der Waals surface area contributed by atoms with Gasteiger partial charge in [-0.05, 0) is 13.0 Å². The first-order valence-electron chi connectivity index (χ1n) is 5.90. The number of rotatable bonds is 5. The van der Waals surface area contributed by atoms with E-state index in [0.29, 0.717) is 12.5 Å². The lowest BCUT2D eigenvalue weighted by Crippen LogP contribution is -2.12. The van der Waals surface area contributed by atoms with Crippen LogP contribution in [0.25, 0.3) is 0 Å². The van der Waals surface area contributed by atoms with Gasteiger partial charge in [-0.2, -0.15) is 4.98 Å². The van der Waals surface area contributed by atoms with Crippen LogP contribution in [-0.2, 0) is 6.54 Å². The Bertz CT molecular complexity index is 558. The number of hydrazine groups is 1. The molecule has 0 bridgehead atoms. The molecule has 0 radical (unpaired) electrons. The van der Waals surface area contributed by atoms with Gasteiger partial charge in [0.15, 0.2) is 0 Å². The van der Waals surface area contributed by atoms with E-state index in [0.717, 1.165) is 22.7 Å². The van der Waals surface area contributed by atoms with Crippen LogP contribution < -0.4 is 21.3 Å². The number of ether oxygens (including phenoxy) is 1. The second kappa shape index (κ2) is 6.01. The van der Waals surface area contributed by atoms with Crippen molar-refractivity contribution in [2.24, 2.45) is 5.84 Å². The molecule has 4 N–H and O–H groups in total. The van der Waals surface area contributed by atoms with E-state index in [1.807, 2.05) is 31.2 Å². The van der Waals surface area contributed by atoms with Crippen LogP contribution in [0.4, 0.5) is 11.8 Å². The van der Waals surface area contributed by atoms with E-state index < -0.39 is 0 Å².